The van der Waals surface area contributed by atoms with Crippen LogP contribution in [0.2, 0.25) is 0 Å². The first-order chi connectivity index (χ1) is 9.54. The Balaban J connectivity index is 2.39. The number of benzene rings is 1. The van der Waals surface area contributed by atoms with E-state index >= 15 is 0 Å². The second-order valence-electron chi connectivity index (χ2n) is 4.46. The van der Waals surface area contributed by atoms with Crippen molar-refractivity contribution >= 4 is 5.82 Å². The van der Waals surface area contributed by atoms with Crippen LogP contribution in [0.5, 0.6) is 0 Å². The van der Waals surface area contributed by atoms with Gasteiger partial charge in [0.2, 0.25) is 5.82 Å². The van der Waals surface area contributed by atoms with Gasteiger partial charge >= 0.3 is 5.69 Å². The molecule has 7 heteroatoms. The molecule has 0 radical (unpaired) electrons. The van der Waals surface area contributed by atoms with Gasteiger partial charge in [-0.3, -0.25) is 9.36 Å². The highest BCUT2D eigenvalue weighted by atomic mass is 16.2. The zero-order valence-electron chi connectivity index (χ0n) is 11.4. The van der Waals surface area contributed by atoms with Crippen LogP contribution in [0.3, 0.4) is 0 Å². The van der Waals surface area contributed by atoms with Gasteiger partial charge in [-0.25, -0.2) is 9.48 Å². The molecule has 2 aromatic rings. The van der Waals surface area contributed by atoms with Crippen LogP contribution in [0.25, 0.3) is 0 Å². The number of hydrogen-bond donors (Lipinski definition) is 2. The van der Waals surface area contributed by atoms with Gasteiger partial charge in [0.05, 0.1) is 6.04 Å². The topological polar surface area (TPSA) is 94.9 Å². The fourth-order valence-corrected chi connectivity index (χ4v) is 1.92. The average Bonchev–Trinajstić information content (AvgIpc) is 2.48. The standard InChI is InChI=1S/C13H17N5O2/c1-17-12(19)11(16-18(2)13(17)20)15-10(8-14)9-6-4-3-5-7-9/h3-7,10H,8,14H2,1-2H3,(H,15,16). The van der Waals surface area contributed by atoms with Crippen LogP contribution in [0.4, 0.5) is 5.82 Å². The smallest absolute Gasteiger partial charge is 0.346 e. The third-order valence-electron chi connectivity index (χ3n) is 3.07. The molecule has 1 heterocycles. The fourth-order valence-electron chi connectivity index (χ4n) is 1.92. The number of aromatic nitrogens is 3. The highest BCUT2D eigenvalue weighted by molar-refractivity contribution is 5.35. The lowest BCUT2D eigenvalue weighted by Gasteiger charge is -2.17. The summed E-state index contributed by atoms with van der Waals surface area (Å²) in [6.07, 6.45) is 0. The Hall–Kier alpha value is -2.41. The number of aryl methyl sites for hydroxylation is 1. The van der Waals surface area contributed by atoms with Crippen LogP contribution in [-0.2, 0) is 14.1 Å². The first-order valence-electron chi connectivity index (χ1n) is 6.20. The molecule has 0 fully saturated rings. The minimum atomic E-state index is -0.470. The maximum atomic E-state index is 12.0. The van der Waals surface area contributed by atoms with Gasteiger partial charge in [0.15, 0.2) is 0 Å². The molecule has 2 rings (SSSR count). The summed E-state index contributed by atoms with van der Waals surface area (Å²) in [4.78, 5) is 23.6. The maximum absolute atomic E-state index is 12.0. The third kappa shape index (κ3) is 2.62. The summed E-state index contributed by atoms with van der Waals surface area (Å²) in [5.74, 6) is 0.105. The molecule has 0 bridgehead atoms. The van der Waals surface area contributed by atoms with Gasteiger partial charge in [-0.05, 0) is 5.56 Å². The molecule has 3 N–H and O–H groups in total. The van der Waals surface area contributed by atoms with Crippen molar-refractivity contribution < 1.29 is 0 Å². The van der Waals surface area contributed by atoms with Crippen LogP contribution in [0, 0.1) is 0 Å². The minimum Gasteiger partial charge on any atom is -0.356 e. The van der Waals surface area contributed by atoms with Crippen molar-refractivity contribution in [2.45, 2.75) is 6.04 Å². The van der Waals surface area contributed by atoms with Crippen LogP contribution in [0.15, 0.2) is 39.9 Å². The van der Waals surface area contributed by atoms with E-state index in [9.17, 15) is 9.59 Å². The molecule has 0 aliphatic heterocycles. The molecule has 0 saturated carbocycles. The van der Waals surface area contributed by atoms with E-state index in [2.05, 4.69) is 10.4 Å². The molecule has 0 aliphatic rings. The average molecular weight is 275 g/mol. The third-order valence-corrected chi connectivity index (χ3v) is 3.07. The Morgan fingerprint density at radius 3 is 2.50 bits per heavy atom. The summed E-state index contributed by atoms with van der Waals surface area (Å²) in [6.45, 7) is 0.303. The summed E-state index contributed by atoms with van der Waals surface area (Å²) in [6, 6.07) is 9.28. The van der Waals surface area contributed by atoms with E-state index in [1.165, 1.54) is 14.1 Å². The zero-order valence-corrected chi connectivity index (χ0v) is 11.4. The summed E-state index contributed by atoms with van der Waals surface area (Å²) in [5.41, 5.74) is 5.75. The molecule has 0 spiro atoms. The van der Waals surface area contributed by atoms with Gasteiger partial charge < -0.3 is 11.1 Å². The Bertz CT molecular complexity index is 705. The number of hydrogen-bond acceptors (Lipinski definition) is 5. The van der Waals surface area contributed by atoms with Crippen molar-refractivity contribution in [1.82, 2.24) is 14.3 Å². The SMILES string of the molecule is Cn1nc(NC(CN)c2ccccc2)c(=O)n(C)c1=O. The Morgan fingerprint density at radius 2 is 1.90 bits per heavy atom. The molecule has 0 aliphatic carbocycles. The highest BCUT2D eigenvalue weighted by Crippen LogP contribution is 2.14. The summed E-state index contributed by atoms with van der Waals surface area (Å²) < 4.78 is 2.12. The van der Waals surface area contributed by atoms with Gasteiger partial charge in [-0.15, -0.1) is 5.10 Å². The fraction of sp³-hybridized carbons (Fsp3) is 0.308. The molecular formula is C13H17N5O2. The van der Waals surface area contributed by atoms with E-state index in [0.29, 0.717) is 6.54 Å². The molecule has 0 amide bonds. The van der Waals surface area contributed by atoms with Gasteiger partial charge in [0, 0.05) is 20.6 Å². The van der Waals surface area contributed by atoms with Crippen molar-refractivity contribution in [3.8, 4) is 0 Å². The van der Waals surface area contributed by atoms with E-state index in [-0.39, 0.29) is 11.9 Å². The molecule has 1 atom stereocenters. The zero-order chi connectivity index (χ0) is 14.7. The molecule has 1 unspecified atom stereocenters. The molecule has 1 aromatic heterocycles. The molecule has 20 heavy (non-hydrogen) atoms. The lowest BCUT2D eigenvalue weighted by atomic mass is 10.1. The number of nitrogens with two attached hydrogens (primary N) is 1. The molecule has 1 aromatic carbocycles. The van der Waals surface area contributed by atoms with Gasteiger partial charge in [-0.1, -0.05) is 30.3 Å². The lowest BCUT2D eigenvalue weighted by Crippen LogP contribution is -2.40. The second-order valence-corrected chi connectivity index (χ2v) is 4.46. The predicted octanol–water partition coefficient (Wildman–Crippen LogP) is -0.409. The van der Waals surface area contributed by atoms with E-state index in [1.54, 1.807) is 0 Å². The first kappa shape index (κ1) is 14.0. The first-order valence-corrected chi connectivity index (χ1v) is 6.20. The molecular weight excluding hydrogens is 258 g/mol. The molecule has 106 valence electrons. The highest BCUT2D eigenvalue weighted by Gasteiger charge is 2.14. The number of rotatable bonds is 4. The minimum absolute atomic E-state index is 0.105. The molecule has 7 nitrogen and oxygen atoms in total. The monoisotopic (exact) mass is 275 g/mol. The number of nitrogens with zero attached hydrogens (tertiary/aromatic N) is 3. The summed E-state index contributed by atoms with van der Waals surface area (Å²) >= 11 is 0. The quantitative estimate of drug-likeness (QED) is 0.791. The van der Waals surface area contributed by atoms with Gasteiger partial charge in [-0.2, -0.15) is 0 Å². The van der Waals surface area contributed by atoms with Crippen LogP contribution in [0.1, 0.15) is 11.6 Å². The van der Waals surface area contributed by atoms with Crippen molar-refractivity contribution in [1.29, 1.82) is 0 Å². The Kier molecular flexibility index (Phi) is 3.99. The normalized spacial score (nSPS) is 12.2. The van der Waals surface area contributed by atoms with Crippen molar-refractivity contribution in [2.75, 3.05) is 11.9 Å². The van der Waals surface area contributed by atoms with E-state index in [0.717, 1.165) is 14.8 Å². The maximum Gasteiger partial charge on any atom is 0.346 e. The number of nitrogens with one attached hydrogen (secondary N) is 1. The van der Waals surface area contributed by atoms with Gasteiger partial charge in [0.25, 0.3) is 5.56 Å². The van der Waals surface area contributed by atoms with Crippen LogP contribution in [-0.4, -0.2) is 20.9 Å². The molecule has 0 saturated heterocycles. The van der Waals surface area contributed by atoms with E-state index in [1.807, 2.05) is 30.3 Å². The number of anilines is 1. The predicted molar refractivity (Wildman–Crippen MR) is 76.6 cm³/mol. The lowest BCUT2D eigenvalue weighted by molar-refractivity contribution is 0.599. The Labute approximate surface area is 115 Å². The summed E-state index contributed by atoms with van der Waals surface area (Å²) in [5, 5.41) is 6.94. The van der Waals surface area contributed by atoms with Crippen molar-refractivity contribution in [3.63, 3.8) is 0 Å². The Morgan fingerprint density at radius 1 is 1.25 bits per heavy atom. The van der Waals surface area contributed by atoms with E-state index < -0.39 is 11.2 Å². The van der Waals surface area contributed by atoms with Crippen molar-refractivity contribution in [2.24, 2.45) is 19.8 Å². The van der Waals surface area contributed by atoms with Gasteiger partial charge in [0.1, 0.15) is 0 Å². The van der Waals surface area contributed by atoms with Crippen molar-refractivity contribution in [3.05, 3.63) is 56.7 Å². The second kappa shape index (κ2) is 5.70. The van der Waals surface area contributed by atoms with Crippen LogP contribution < -0.4 is 22.3 Å². The van der Waals surface area contributed by atoms with E-state index in [4.69, 9.17) is 5.73 Å². The van der Waals surface area contributed by atoms with Crippen LogP contribution >= 0.6 is 0 Å². The largest absolute Gasteiger partial charge is 0.356 e. The summed E-state index contributed by atoms with van der Waals surface area (Å²) in [7, 11) is 2.91.